The minimum atomic E-state index is -4.56. The van der Waals surface area contributed by atoms with Crippen molar-refractivity contribution in [3.05, 3.63) is 51.1 Å². The molecule has 0 saturated carbocycles. The van der Waals surface area contributed by atoms with Crippen LogP contribution < -0.4 is 20.1 Å². The fourth-order valence-electron chi connectivity index (χ4n) is 2.37. The summed E-state index contributed by atoms with van der Waals surface area (Å²) in [7, 11) is 0. The molecular formula is C17H12F3IN2O3S. The second kappa shape index (κ2) is 7.89. The third-order valence-corrected chi connectivity index (χ3v) is 4.44. The molecule has 142 valence electrons. The van der Waals surface area contributed by atoms with E-state index >= 15 is 0 Å². The van der Waals surface area contributed by atoms with Crippen LogP contribution in [0.1, 0.15) is 15.9 Å². The Bertz CT molecular complexity index is 905. The van der Waals surface area contributed by atoms with E-state index in [1.165, 1.54) is 24.3 Å². The number of hydrogen-bond donors (Lipinski definition) is 2. The maximum Gasteiger partial charge on any atom is 0.418 e. The van der Waals surface area contributed by atoms with Gasteiger partial charge in [0, 0.05) is 9.13 Å². The number of carbonyl (C=O) groups is 1. The molecule has 1 heterocycles. The fourth-order valence-corrected chi connectivity index (χ4v) is 3.07. The lowest BCUT2D eigenvalue weighted by Crippen LogP contribution is -2.34. The van der Waals surface area contributed by atoms with Gasteiger partial charge in [0.15, 0.2) is 16.6 Å². The van der Waals surface area contributed by atoms with Crippen LogP contribution in [0.15, 0.2) is 36.4 Å². The van der Waals surface area contributed by atoms with Gasteiger partial charge < -0.3 is 14.8 Å². The molecule has 5 nitrogen and oxygen atoms in total. The van der Waals surface area contributed by atoms with Crippen LogP contribution in [-0.4, -0.2) is 24.2 Å². The van der Waals surface area contributed by atoms with Crippen LogP contribution in [0.25, 0.3) is 0 Å². The van der Waals surface area contributed by atoms with E-state index in [1.807, 2.05) is 0 Å². The van der Waals surface area contributed by atoms with Gasteiger partial charge in [-0.05, 0) is 71.2 Å². The number of hydrogen-bond acceptors (Lipinski definition) is 4. The third-order valence-electron chi connectivity index (χ3n) is 3.57. The molecule has 0 bridgehead atoms. The standard InChI is InChI=1S/C17H12F3IN2O3S/c18-17(19,20)11-8-10(21)2-3-12(11)22-16(27)23-15(24)9-1-4-13-14(7-9)26-6-5-25-13/h1-4,7-8H,5-6H2,(H2,22,23,24,27). The SMILES string of the molecule is O=C(NC(=S)Nc1ccc(I)cc1C(F)(F)F)c1ccc2c(c1)OCCO2. The Morgan fingerprint density at radius 3 is 2.48 bits per heavy atom. The number of fused-ring (bicyclic) bond motifs is 1. The zero-order valence-corrected chi connectivity index (χ0v) is 16.5. The summed E-state index contributed by atoms with van der Waals surface area (Å²) < 4.78 is 50.7. The van der Waals surface area contributed by atoms with Gasteiger partial charge in [-0.2, -0.15) is 13.2 Å². The third kappa shape index (κ3) is 4.80. The Kier molecular flexibility index (Phi) is 5.75. The molecule has 0 atom stereocenters. The Morgan fingerprint density at radius 2 is 1.78 bits per heavy atom. The van der Waals surface area contributed by atoms with Gasteiger partial charge in [0.1, 0.15) is 13.2 Å². The molecule has 0 unspecified atom stereocenters. The van der Waals surface area contributed by atoms with Gasteiger partial charge in [0.25, 0.3) is 5.91 Å². The monoisotopic (exact) mass is 508 g/mol. The highest BCUT2D eigenvalue weighted by Crippen LogP contribution is 2.36. The molecule has 0 fully saturated rings. The van der Waals surface area contributed by atoms with E-state index < -0.39 is 17.6 Å². The van der Waals surface area contributed by atoms with Crippen LogP contribution in [0.4, 0.5) is 18.9 Å². The van der Waals surface area contributed by atoms with Crippen LogP contribution in [0.2, 0.25) is 0 Å². The van der Waals surface area contributed by atoms with Gasteiger partial charge in [-0.25, -0.2) is 0 Å². The zero-order valence-electron chi connectivity index (χ0n) is 13.5. The van der Waals surface area contributed by atoms with E-state index in [0.717, 1.165) is 6.07 Å². The maximum atomic E-state index is 13.2. The largest absolute Gasteiger partial charge is 0.486 e. The van der Waals surface area contributed by atoms with E-state index in [-0.39, 0.29) is 16.4 Å². The number of nitrogens with one attached hydrogen (secondary N) is 2. The van der Waals surface area contributed by atoms with Gasteiger partial charge in [0.2, 0.25) is 0 Å². The van der Waals surface area contributed by atoms with Gasteiger partial charge in [-0.3, -0.25) is 10.1 Å². The number of halogens is 4. The average Bonchev–Trinajstić information content (AvgIpc) is 2.61. The summed E-state index contributed by atoms with van der Waals surface area (Å²) in [5.41, 5.74) is -0.872. The molecular weight excluding hydrogens is 496 g/mol. The lowest BCUT2D eigenvalue weighted by molar-refractivity contribution is -0.137. The van der Waals surface area contributed by atoms with Crippen molar-refractivity contribution in [1.29, 1.82) is 0 Å². The van der Waals surface area contributed by atoms with Crippen molar-refractivity contribution in [2.24, 2.45) is 0 Å². The molecule has 2 aromatic rings. The van der Waals surface area contributed by atoms with Crippen molar-refractivity contribution in [2.45, 2.75) is 6.18 Å². The first-order valence-electron chi connectivity index (χ1n) is 7.63. The Morgan fingerprint density at radius 1 is 1.07 bits per heavy atom. The lowest BCUT2D eigenvalue weighted by atomic mass is 10.1. The number of anilines is 1. The topological polar surface area (TPSA) is 59.6 Å². The quantitative estimate of drug-likeness (QED) is 0.471. The molecule has 0 spiro atoms. The fraction of sp³-hybridized carbons (Fsp3) is 0.176. The molecule has 3 rings (SSSR count). The van der Waals surface area contributed by atoms with Crippen LogP contribution in [0.3, 0.4) is 0 Å². The molecule has 0 aliphatic carbocycles. The molecule has 1 aliphatic rings. The Balaban J connectivity index is 1.72. The average molecular weight is 508 g/mol. The number of amides is 1. The molecule has 1 amide bonds. The summed E-state index contributed by atoms with van der Waals surface area (Å²) in [6.07, 6.45) is -4.56. The molecule has 2 N–H and O–H groups in total. The summed E-state index contributed by atoms with van der Waals surface area (Å²) in [5.74, 6) is 0.362. The Hall–Kier alpha value is -2.08. The van der Waals surface area contributed by atoms with Crippen LogP contribution in [0.5, 0.6) is 11.5 Å². The van der Waals surface area contributed by atoms with Gasteiger partial charge >= 0.3 is 6.18 Å². The van der Waals surface area contributed by atoms with Gasteiger partial charge in [-0.15, -0.1) is 0 Å². The summed E-state index contributed by atoms with van der Waals surface area (Å²) in [6, 6.07) is 8.33. The van der Waals surface area contributed by atoms with Crippen molar-refractivity contribution >= 4 is 51.5 Å². The first kappa shape index (κ1) is 19.7. The van der Waals surface area contributed by atoms with Crippen LogP contribution in [0, 0.1) is 3.57 Å². The molecule has 2 aromatic carbocycles. The van der Waals surface area contributed by atoms with E-state index in [1.54, 1.807) is 28.7 Å². The highest BCUT2D eigenvalue weighted by molar-refractivity contribution is 14.1. The van der Waals surface area contributed by atoms with Gasteiger partial charge in [0.05, 0.1) is 11.3 Å². The molecule has 0 saturated heterocycles. The van der Waals surface area contributed by atoms with Crippen LogP contribution >= 0.6 is 34.8 Å². The van der Waals surface area contributed by atoms with E-state index in [4.69, 9.17) is 21.7 Å². The number of benzene rings is 2. The molecule has 10 heteroatoms. The summed E-state index contributed by atoms with van der Waals surface area (Å²) in [5, 5.41) is 4.54. The van der Waals surface area contributed by atoms with E-state index in [9.17, 15) is 18.0 Å². The van der Waals surface area contributed by atoms with Crippen LogP contribution in [-0.2, 0) is 6.18 Å². The molecule has 1 aliphatic heterocycles. The summed E-state index contributed by atoms with van der Waals surface area (Å²) in [4.78, 5) is 12.3. The van der Waals surface area contributed by atoms with Crippen molar-refractivity contribution in [2.75, 3.05) is 18.5 Å². The number of carbonyl (C=O) groups excluding carboxylic acids is 1. The van der Waals surface area contributed by atoms with Crippen molar-refractivity contribution in [3.63, 3.8) is 0 Å². The Labute approximate surface area is 171 Å². The van der Waals surface area contributed by atoms with Crippen molar-refractivity contribution in [1.82, 2.24) is 5.32 Å². The minimum absolute atomic E-state index is 0.238. The predicted octanol–water partition coefficient (Wildman–Crippen LogP) is 4.21. The highest BCUT2D eigenvalue weighted by atomic mass is 127. The first-order chi connectivity index (χ1) is 12.7. The maximum absolute atomic E-state index is 13.2. The van der Waals surface area contributed by atoms with Crippen molar-refractivity contribution < 1.29 is 27.4 Å². The van der Waals surface area contributed by atoms with E-state index in [2.05, 4.69) is 10.6 Å². The molecule has 0 aromatic heterocycles. The first-order valence-corrected chi connectivity index (χ1v) is 9.11. The van der Waals surface area contributed by atoms with Gasteiger partial charge in [-0.1, -0.05) is 0 Å². The second-order valence-corrected chi connectivity index (χ2v) is 7.11. The molecule has 27 heavy (non-hydrogen) atoms. The highest BCUT2D eigenvalue weighted by Gasteiger charge is 2.34. The minimum Gasteiger partial charge on any atom is -0.486 e. The smallest absolute Gasteiger partial charge is 0.418 e. The number of thiocarbonyl (C=S) groups is 1. The number of alkyl halides is 3. The normalized spacial score (nSPS) is 13.0. The number of rotatable bonds is 2. The molecule has 0 radical (unpaired) electrons. The van der Waals surface area contributed by atoms with E-state index in [0.29, 0.717) is 28.3 Å². The second-order valence-electron chi connectivity index (χ2n) is 5.45. The zero-order chi connectivity index (χ0) is 19.6. The lowest BCUT2D eigenvalue weighted by Gasteiger charge is -2.19. The van der Waals surface area contributed by atoms with Crippen molar-refractivity contribution in [3.8, 4) is 11.5 Å². The predicted molar refractivity (Wildman–Crippen MR) is 105 cm³/mol. The summed E-state index contributed by atoms with van der Waals surface area (Å²) in [6.45, 7) is 0.787. The number of ether oxygens (including phenoxy) is 2. The summed E-state index contributed by atoms with van der Waals surface area (Å²) >= 11 is 6.77.